The van der Waals surface area contributed by atoms with Gasteiger partial charge in [0.1, 0.15) is 6.10 Å². The number of cyclic esters (lactones) is 1. The molecule has 0 amide bonds. The van der Waals surface area contributed by atoms with Crippen LogP contribution in [0.2, 0.25) is 0 Å². The predicted molar refractivity (Wildman–Crippen MR) is 67.0 cm³/mol. The molecule has 0 aromatic carbocycles. The van der Waals surface area contributed by atoms with E-state index in [0.29, 0.717) is 12.3 Å². The molecule has 2 saturated heterocycles. The first-order valence-corrected chi connectivity index (χ1v) is 7.11. The number of esters is 1. The maximum atomic E-state index is 10.8. The van der Waals surface area contributed by atoms with Crippen LogP contribution >= 0.6 is 0 Å². The normalized spacial score (nSPS) is 31.3. The first kappa shape index (κ1) is 13.8. The molecule has 0 saturated carbocycles. The van der Waals surface area contributed by atoms with Crippen LogP contribution in [0.15, 0.2) is 0 Å². The molecule has 4 heteroatoms. The summed E-state index contributed by atoms with van der Waals surface area (Å²) in [6.07, 6.45) is 6.32. The van der Waals surface area contributed by atoms with Crippen LogP contribution in [0.5, 0.6) is 0 Å². The van der Waals surface area contributed by atoms with E-state index in [-0.39, 0.29) is 24.5 Å². The number of ether oxygens (including phenoxy) is 3. The molecule has 4 nitrogen and oxygen atoms in total. The van der Waals surface area contributed by atoms with E-state index in [1.165, 1.54) is 6.42 Å². The van der Waals surface area contributed by atoms with Crippen LogP contribution in [0, 0.1) is 5.92 Å². The molecule has 4 atom stereocenters. The lowest BCUT2D eigenvalue weighted by molar-refractivity contribution is -0.187. The Bertz CT molecular complexity index is 265. The van der Waals surface area contributed by atoms with Crippen LogP contribution in [0.1, 0.15) is 52.4 Å². The first-order valence-electron chi connectivity index (χ1n) is 7.11. The summed E-state index contributed by atoms with van der Waals surface area (Å²) in [7, 11) is 0. The van der Waals surface area contributed by atoms with Gasteiger partial charge in [-0.15, -0.1) is 0 Å². The SMILES string of the molecule is CC(CCC(C)C1CC(=O)O1)OC1CCCCO1. The molecule has 2 fully saturated rings. The van der Waals surface area contributed by atoms with Crippen LogP contribution in [0.25, 0.3) is 0 Å². The van der Waals surface area contributed by atoms with E-state index in [9.17, 15) is 4.79 Å². The molecule has 0 aliphatic carbocycles. The maximum absolute atomic E-state index is 10.8. The summed E-state index contributed by atoms with van der Waals surface area (Å²) >= 11 is 0. The van der Waals surface area contributed by atoms with E-state index in [4.69, 9.17) is 14.2 Å². The van der Waals surface area contributed by atoms with E-state index in [2.05, 4.69) is 13.8 Å². The summed E-state index contributed by atoms with van der Waals surface area (Å²) in [5.41, 5.74) is 0. The van der Waals surface area contributed by atoms with E-state index in [1.807, 2.05) is 0 Å². The first-order chi connectivity index (χ1) is 8.65. The zero-order valence-electron chi connectivity index (χ0n) is 11.4. The van der Waals surface area contributed by atoms with Gasteiger partial charge in [0.05, 0.1) is 12.5 Å². The Morgan fingerprint density at radius 2 is 2.11 bits per heavy atom. The lowest BCUT2D eigenvalue weighted by atomic mass is 9.92. The lowest BCUT2D eigenvalue weighted by Crippen LogP contribution is -2.38. The summed E-state index contributed by atoms with van der Waals surface area (Å²) in [5, 5.41) is 0. The number of hydrogen-bond donors (Lipinski definition) is 0. The van der Waals surface area contributed by atoms with Gasteiger partial charge in [0.15, 0.2) is 6.29 Å². The molecular formula is C14H24O4. The van der Waals surface area contributed by atoms with Gasteiger partial charge in [-0.05, 0) is 44.9 Å². The van der Waals surface area contributed by atoms with Crippen molar-refractivity contribution >= 4 is 5.97 Å². The molecule has 18 heavy (non-hydrogen) atoms. The molecule has 2 aliphatic rings. The minimum Gasteiger partial charge on any atom is -0.461 e. The fourth-order valence-corrected chi connectivity index (χ4v) is 2.47. The highest BCUT2D eigenvalue weighted by Gasteiger charge is 2.33. The minimum absolute atomic E-state index is 0.00872. The Kier molecular flexibility index (Phi) is 5.01. The van der Waals surface area contributed by atoms with Crippen LogP contribution in [-0.4, -0.2) is 31.1 Å². The second kappa shape index (κ2) is 6.53. The summed E-state index contributed by atoms with van der Waals surface area (Å²) < 4.78 is 16.5. The van der Waals surface area contributed by atoms with Crippen molar-refractivity contribution in [3.63, 3.8) is 0 Å². The summed E-state index contributed by atoms with van der Waals surface area (Å²) in [6, 6.07) is 0. The largest absolute Gasteiger partial charge is 0.461 e. The van der Waals surface area contributed by atoms with Crippen molar-refractivity contribution in [3.05, 3.63) is 0 Å². The molecular weight excluding hydrogens is 232 g/mol. The molecule has 0 aromatic rings. The van der Waals surface area contributed by atoms with Gasteiger partial charge in [-0.1, -0.05) is 6.92 Å². The van der Waals surface area contributed by atoms with Gasteiger partial charge in [0.2, 0.25) is 0 Å². The highest BCUT2D eigenvalue weighted by molar-refractivity contribution is 5.75. The maximum Gasteiger partial charge on any atom is 0.309 e. The lowest BCUT2D eigenvalue weighted by Gasteiger charge is -2.32. The highest BCUT2D eigenvalue weighted by atomic mass is 16.7. The average Bonchev–Trinajstić information content (AvgIpc) is 2.33. The van der Waals surface area contributed by atoms with E-state index < -0.39 is 0 Å². The number of carbonyl (C=O) groups excluding carboxylic acids is 1. The monoisotopic (exact) mass is 256 g/mol. The van der Waals surface area contributed by atoms with Crippen LogP contribution < -0.4 is 0 Å². The van der Waals surface area contributed by atoms with E-state index >= 15 is 0 Å². The van der Waals surface area contributed by atoms with E-state index in [0.717, 1.165) is 32.3 Å². The molecule has 0 bridgehead atoms. The van der Waals surface area contributed by atoms with Crippen molar-refractivity contribution in [2.24, 2.45) is 5.92 Å². The summed E-state index contributed by atoms with van der Waals surface area (Å²) in [6.45, 7) is 5.06. The molecule has 0 radical (unpaired) electrons. The van der Waals surface area contributed by atoms with Gasteiger partial charge in [0.25, 0.3) is 0 Å². The van der Waals surface area contributed by atoms with Gasteiger partial charge in [-0.3, -0.25) is 4.79 Å². The van der Waals surface area contributed by atoms with Gasteiger partial charge in [0, 0.05) is 6.61 Å². The molecule has 0 spiro atoms. The molecule has 4 unspecified atom stereocenters. The topological polar surface area (TPSA) is 44.8 Å². The quantitative estimate of drug-likeness (QED) is 0.685. The fraction of sp³-hybridized carbons (Fsp3) is 0.929. The summed E-state index contributed by atoms with van der Waals surface area (Å²) in [4.78, 5) is 10.8. The second-order valence-corrected chi connectivity index (χ2v) is 5.53. The molecule has 0 aromatic heterocycles. The van der Waals surface area contributed by atoms with Gasteiger partial charge < -0.3 is 14.2 Å². The number of rotatable bonds is 6. The summed E-state index contributed by atoms with van der Waals surface area (Å²) in [5.74, 6) is 0.368. The zero-order valence-corrected chi connectivity index (χ0v) is 11.4. The Morgan fingerprint density at radius 1 is 1.33 bits per heavy atom. The zero-order chi connectivity index (χ0) is 13.0. The second-order valence-electron chi connectivity index (χ2n) is 5.53. The molecule has 2 heterocycles. The molecule has 2 rings (SSSR count). The average molecular weight is 256 g/mol. The minimum atomic E-state index is -0.0632. The molecule has 2 aliphatic heterocycles. The third kappa shape index (κ3) is 3.95. The van der Waals surface area contributed by atoms with Crippen molar-refractivity contribution in [1.82, 2.24) is 0 Å². The van der Waals surface area contributed by atoms with Gasteiger partial charge in [-0.25, -0.2) is 0 Å². The smallest absolute Gasteiger partial charge is 0.309 e. The number of carbonyl (C=O) groups is 1. The van der Waals surface area contributed by atoms with Gasteiger partial charge in [-0.2, -0.15) is 0 Å². The third-order valence-electron chi connectivity index (χ3n) is 3.84. The van der Waals surface area contributed by atoms with Crippen molar-refractivity contribution in [1.29, 1.82) is 0 Å². The van der Waals surface area contributed by atoms with Crippen molar-refractivity contribution in [2.75, 3.05) is 6.61 Å². The highest BCUT2D eigenvalue weighted by Crippen LogP contribution is 2.26. The van der Waals surface area contributed by atoms with Crippen molar-refractivity contribution < 1.29 is 19.0 Å². The Labute approximate surface area is 109 Å². The van der Waals surface area contributed by atoms with Crippen LogP contribution in [-0.2, 0) is 19.0 Å². The molecule has 0 N–H and O–H groups in total. The number of hydrogen-bond acceptors (Lipinski definition) is 4. The van der Waals surface area contributed by atoms with Gasteiger partial charge >= 0.3 is 5.97 Å². The van der Waals surface area contributed by atoms with Crippen LogP contribution in [0.3, 0.4) is 0 Å². The van der Waals surface area contributed by atoms with E-state index in [1.54, 1.807) is 0 Å². The van der Waals surface area contributed by atoms with Crippen molar-refractivity contribution in [3.8, 4) is 0 Å². The Hall–Kier alpha value is -0.610. The van der Waals surface area contributed by atoms with Crippen molar-refractivity contribution in [2.45, 2.75) is 70.9 Å². The fourth-order valence-electron chi connectivity index (χ4n) is 2.47. The third-order valence-corrected chi connectivity index (χ3v) is 3.84. The molecule has 104 valence electrons. The Morgan fingerprint density at radius 3 is 2.72 bits per heavy atom. The Balaban J connectivity index is 1.58. The predicted octanol–water partition coefficient (Wildman–Crippen LogP) is 2.65. The standard InChI is InChI=1S/C14H24O4/c1-10(12-9-13(15)18-12)6-7-11(2)17-14-5-3-4-8-16-14/h10-12,14H,3-9H2,1-2H3. The van der Waals surface area contributed by atoms with Crippen LogP contribution in [0.4, 0.5) is 0 Å².